The number of rotatable bonds is 9. The fourth-order valence-corrected chi connectivity index (χ4v) is 6.44. The van der Waals surface area contributed by atoms with Gasteiger partial charge in [-0.25, -0.2) is 4.98 Å². The predicted octanol–water partition coefficient (Wildman–Crippen LogP) is 6.34. The largest absolute Gasteiger partial charge is 0.497 e. The molecule has 9 heteroatoms. The standard InChI is InChI=1S/C35H40N4O4S/c1-35(2,3)27-8-5-25(6-9-27)20-37(21-26-7-14-31-32(19-26)43-24-42-31)22-33-36-30(23-44-33)34(40)39-17-15-38(16-18-39)28-10-12-29(41-4)13-11-28/h5-14,19,23H,15-18,20-22,24H2,1-4H3. The van der Waals surface area contributed by atoms with Crippen LogP contribution in [0.15, 0.2) is 72.1 Å². The lowest BCUT2D eigenvalue weighted by molar-refractivity contribution is 0.0741. The van der Waals surface area contributed by atoms with Gasteiger partial charge in [-0.2, -0.15) is 0 Å². The number of aromatic nitrogens is 1. The van der Waals surface area contributed by atoms with E-state index in [1.165, 1.54) is 11.1 Å². The van der Waals surface area contributed by atoms with E-state index in [0.717, 1.165) is 53.1 Å². The molecular weight excluding hydrogens is 572 g/mol. The highest BCUT2D eigenvalue weighted by molar-refractivity contribution is 7.09. The van der Waals surface area contributed by atoms with Crippen molar-refractivity contribution in [3.63, 3.8) is 0 Å². The van der Waals surface area contributed by atoms with Gasteiger partial charge in [-0.1, -0.05) is 51.1 Å². The zero-order valence-corrected chi connectivity index (χ0v) is 26.7. The SMILES string of the molecule is COc1ccc(N2CCN(C(=O)c3csc(CN(Cc4ccc(C(C)(C)C)cc4)Cc4ccc5c(c4)OCO5)n3)CC2)cc1. The van der Waals surface area contributed by atoms with Crippen LogP contribution >= 0.6 is 11.3 Å². The van der Waals surface area contributed by atoms with E-state index in [-0.39, 0.29) is 18.1 Å². The van der Waals surface area contributed by atoms with Gasteiger partial charge < -0.3 is 24.0 Å². The molecule has 6 rings (SSSR count). The van der Waals surface area contributed by atoms with E-state index in [2.05, 4.69) is 79.1 Å². The van der Waals surface area contributed by atoms with Crippen LogP contribution in [0, 0.1) is 0 Å². The third-order valence-corrected chi connectivity index (χ3v) is 9.04. The average molecular weight is 613 g/mol. The second-order valence-corrected chi connectivity index (χ2v) is 13.3. The van der Waals surface area contributed by atoms with Gasteiger partial charge in [-0.3, -0.25) is 9.69 Å². The van der Waals surface area contributed by atoms with Crippen LogP contribution in [0.5, 0.6) is 17.2 Å². The molecule has 1 aromatic heterocycles. The molecule has 44 heavy (non-hydrogen) atoms. The zero-order chi connectivity index (χ0) is 30.7. The van der Waals surface area contributed by atoms with Gasteiger partial charge in [-0.15, -0.1) is 11.3 Å². The topological polar surface area (TPSA) is 67.4 Å². The Bertz CT molecular complexity index is 1570. The third-order valence-electron chi connectivity index (χ3n) is 8.20. The first-order chi connectivity index (χ1) is 21.2. The maximum atomic E-state index is 13.4. The lowest BCUT2D eigenvalue weighted by Crippen LogP contribution is -2.48. The monoisotopic (exact) mass is 612 g/mol. The Kier molecular flexibility index (Phi) is 8.77. The van der Waals surface area contributed by atoms with Gasteiger partial charge in [-0.05, 0) is 58.5 Å². The first-order valence-corrected chi connectivity index (χ1v) is 16.0. The Morgan fingerprint density at radius 2 is 1.57 bits per heavy atom. The minimum absolute atomic E-state index is 0.00182. The van der Waals surface area contributed by atoms with Crippen molar-refractivity contribution in [2.24, 2.45) is 0 Å². The Balaban J connectivity index is 1.12. The molecule has 4 aromatic rings. The minimum atomic E-state index is 0.00182. The van der Waals surface area contributed by atoms with Crippen molar-refractivity contribution in [1.29, 1.82) is 0 Å². The second kappa shape index (κ2) is 12.9. The molecule has 8 nitrogen and oxygen atoms in total. The molecule has 0 saturated carbocycles. The van der Waals surface area contributed by atoms with Gasteiger partial charge in [0.2, 0.25) is 6.79 Å². The van der Waals surface area contributed by atoms with E-state index in [4.69, 9.17) is 19.2 Å². The highest BCUT2D eigenvalue weighted by Crippen LogP contribution is 2.33. The maximum absolute atomic E-state index is 13.4. The Morgan fingerprint density at radius 1 is 0.886 bits per heavy atom. The van der Waals surface area contributed by atoms with Crippen molar-refractivity contribution in [2.45, 2.75) is 45.8 Å². The molecule has 2 aliphatic rings. The lowest BCUT2D eigenvalue weighted by atomic mass is 9.87. The van der Waals surface area contributed by atoms with Crippen molar-refractivity contribution in [3.05, 3.63) is 99.5 Å². The second-order valence-electron chi connectivity index (χ2n) is 12.4. The summed E-state index contributed by atoms with van der Waals surface area (Å²) >= 11 is 1.55. The molecule has 3 heterocycles. The zero-order valence-electron chi connectivity index (χ0n) is 25.9. The average Bonchev–Trinajstić information content (AvgIpc) is 3.70. The number of benzene rings is 3. The summed E-state index contributed by atoms with van der Waals surface area (Å²) in [5.74, 6) is 2.41. The van der Waals surface area contributed by atoms with Crippen LogP contribution in [-0.4, -0.2) is 60.8 Å². The number of anilines is 1. The smallest absolute Gasteiger partial charge is 0.273 e. The number of methoxy groups -OCH3 is 1. The molecule has 0 unspecified atom stereocenters. The molecule has 0 bridgehead atoms. The first-order valence-electron chi connectivity index (χ1n) is 15.1. The summed E-state index contributed by atoms with van der Waals surface area (Å²) in [7, 11) is 1.67. The third kappa shape index (κ3) is 7.00. The van der Waals surface area contributed by atoms with E-state index < -0.39 is 0 Å². The maximum Gasteiger partial charge on any atom is 0.273 e. The number of carbonyl (C=O) groups is 1. The van der Waals surface area contributed by atoms with Gasteiger partial charge in [0.15, 0.2) is 11.5 Å². The van der Waals surface area contributed by atoms with Gasteiger partial charge in [0.1, 0.15) is 16.5 Å². The number of amides is 1. The van der Waals surface area contributed by atoms with Gasteiger partial charge >= 0.3 is 0 Å². The highest BCUT2D eigenvalue weighted by Gasteiger charge is 2.25. The number of piperazine rings is 1. The summed E-state index contributed by atoms with van der Waals surface area (Å²) < 4.78 is 16.4. The van der Waals surface area contributed by atoms with Crippen LogP contribution < -0.4 is 19.1 Å². The fourth-order valence-electron chi connectivity index (χ4n) is 5.63. The van der Waals surface area contributed by atoms with Gasteiger partial charge in [0, 0.05) is 50.3 Å². The van der Waals surface area contributed by atoms with Crippen molar-refractivity contribution < 1.29 is 19.0 Å². The Morgan fingerprint density at radius 3 is 2.27 bits per heavy atom. The highest BCUT2D eigenvalue weighted by atomic mass is 32.1. The molecule has 1 amide bonds. The Hall–Kier alpha value is -4.08. The molecule has 1 fully saturated rings. The number of hydrogen-bond donors (Lipinski definition) is 0. The molecule has 3 aromatic carbocycles. The number of nitrogens with zero attached hydrogens (tertiary/aromatic N) is 4. The fraction of sp³-hybridized carbons (Fsp3) is 0.371. The number of ether oxygens (including phenoxy) is 3. The van der Waals surface area contributed by atoms with Crippen molar-refractivity contribution in [3.8, 4) is 17.2 Å². The Labute approximate surface area is 263 Å². The summed E-state index contributed by atoms with van der Waals surface area (Å²) in [5.41, 5.74) is 5.47. The summed E-state index contributed by atoms with van der Waals surface area (Å²) in [4.78, 5) is 24.8. The number of carbonyl (C=O) groups excluding carboxylic acids is 1. The molecule has 0 N–H and O–H groups in total. The summed E-state index contributed by atoms with van der Waals surface area (Å²) in [6, 6.07) is 23.1. The van der Waals surface area contributed by atoms with E-state index >= 15 is 0 Å². The van der Waals surface area contributed by atoms with E-state index in [0.29, 0.717) is 31.9 Å². The lowest BCUT2D eigenvalue weighted by Gasteiger charge is -2.35. The minimum Gasteiger partial charge on any atom is -0.497 e. The summed E-state index contributed by atoms with van der Waals surface area (Å²) in [6.45, 7) is 12.0. The van der Waals surface area contributed by atoms with Crippen molar-refractivity contribution in [2.75, 3.05) is 45.0 Å². The molecule has 0 aliphatic carbocycles. The molecule has 0 spiro atoms. The van der Waals surface area contributed by atoms with Gasteiger partial charge in [0.05, 0.1) is 13.7 Å². The first kappa shape index (κ1) is 30.0. The molecule has 0 radical (unpaired) electrons. The summed E-state index contributed by atoms with van der Waals surface area (Å²) in [5, 5.41) is 2.84. The molecule has 0 atom stereocenters. The normalized spacial score (nSPS) is 14.8. The van der Waals surface area contributed by atoms with Crippen molar-refractivity contribution >= 4 is 22.9 Å². The molecule has 230 valence electrons. The van der Waals surface area contributed by atoms with Crippen molar-refractivity contribution in [1.82, 2.24) is 14.8 Å². The molecule has 1 saturated heterocycles. The quantitative estimate of drug-likeness (QED) is 0.219. The van der Waals surface area contributed by atoms with Crippen LogP contribution in [-0.2, 0) is 25.0 Å². The van der Waals surface area contributed by atoms with Gasteiger partial charge in [0.25, 0.3) is 5.91 Å². The van der Waals surface area contributed by atoms with Crippen LogP contribution in [0.2, 0.25) is 0 Å². The van der Waals surface area contributed by atoms with E-state index in [9.17, 15) is 4.79 Å². The van der Waals surface area contributed by atoms with Crippen LogP contribution in [0.3, 0.4) is 0 Å². The molecule has 2 aliphatic heterocycles. The summed E-state index contributed by atoms with van der Waals surface area (Å²) in [6.07, 6.45) is 0. The number of fused-ring (bicyclic) bond motifs is 1. The van der Waals surface area contributed by atoms with E-state index in [1.54, 1.807) is 18.4 Å². The predicted molar refractivity (Wildman–Crippen MR) is 174 cm³/mol. The van der Waals surface area contributed by atoms with Crippen LogP contribution in [0.4, 0.5) is 5.69 Å². The number of thiazole rings is 1. The van der Waals surface area contributed by atoms with Crippen LogP contribution in [0.1, 0.15) is 53.0 Å². The van der Waals surface area contributed by atoms with Crippen LogP contribution in [0.25, 0.3) is 0 Å². The van der Waals surface area contributed by atoms with E-state index in [1.807, 2.05) is 28.5 Å². The molecular formula is C35H40N4O4S. The number of hydrogen-bond acceptors (Lipinski definition) is 8.